The first kappa shape index (κ1) is 27.1. The van der Waals surface area contributed by atoms with Gasteiger partial charge in [0.2, 0.25) is 0 Å². The fourth-order valence-electron chi connectivity index (χ4n) is 5.74. The minimum absolute atomic E-state index is 0.246. The lowest BCUT2D eigenvalue weighted by atomic mass is 10.00. The van der Waals surface area contributed by atoms with Crippen molar-refractivity contribution in [1.82, 2.24) is 9.13 Å². The van der Waals surface area contributed by atoms with Crippen molar-refractivity contribution in [2.75, 3.05) is 13.2 Å². The Balaban J connectivity index is 1.46. The molecule has 0 aliphatic rings. The van der Waals surface area contributed by atoms with Crippen LogP contribution in [0.3, 0.4) is 0 Å². The van der Waals surface area contributed by atoms with Crippen molar-refractivity contribution in [3.63, 3.8) is 0 Å². The van der Waals surface area contributed by atoms with Gasteiger partial charge in [-0.05, 0) is 43.7 Å². The predicted octanol–water partition coefficient (Wildman–Crippen LogP) is 7.81. The molecule has 0 aliphatic carbocycles. The van der Waals surface area contributed by atoms with E-state index in [1.54, 1.807) is 13.8 Å². The van der Waals surface area contributed by atoms with Crippen LogP contribution < -0.4 is 0 Å². The molecule has 0 fully saturated rings. The fourth-order valence-corrected chi connectivity index (χ4v) is 5.74. The number of aromatic nitrogens is 2. The Labute approximate surface area is 244 Å². The van der Waals surface area contributed by atoms with E-state index in [0.717, 1.165) is 54.7 Å². The molecule has 6 rings (SSSR count). The van der Waals surface area contributed by atoms with Crippen molar-refractivity contribution in [2.24, 2.45) is 0 Å². The molecular formula is C36H32N2O4. The third-order valence-electron chi connectivity index (χ3n) is 7.67. The largest absolute Gasteiger partial charge is 0.460 e. The number of benzene rings is 4. The van der Waals surface area contributed by atoms with Gasteiger partial charge in [-0.3, -0.25) is 0 Å². The molecule has 0 spiro atoms. The van der Waals surface area contributed by atoms with Gasteiger partial charge < -0.3 is 18.6 Å². The number of hydrogen-bond donors (Lipinski definition) is 0. The number of rotatable bonds is 9. The fraction of sp³-hybridized carbons (Fsp3) is 0.167. The average Bonchev–Trinajstić information content (AvgIpc) is 3.49. The van der Waals surface area contributed by atoms with Crippen LogP contribution in [-0.2, 0) is 32.2 Å². The highest BCUT2D eigenvalue weighted by atomic mass is 16.5. The van der Waals surface area contributed by atoms with E-state index in [-0.39, 0.29) is 25.2 Å². The van der Waals surface area contributed by atoms with Gasteiger partial charge in [-0.25, -0.2) is 9.59 Å². The predicted molar refractivity (Wildman–Crippen MR) is 169 cm³/mol. The van der Waals surface area contributed by atoms with Gasteiger partial charge in [-0.2, -0.15) is 0 Å². The highest BCUT2D eigenvalue weighted by Gasteiger charge is 2.17. The zero-order valence-corrected chi connectivity index (χ0v) is 23.9. The maximum atomic E-state index is 12.1. The second kappa shape index (κ2) is 11.1. The summed E-state index contributed by atoms with van der Waals surface area (Å²) in [5, 5.41) is 4.57. The van der Waals surface area contributed by atoms with Crippen LogP contribution in [-0.4, -0.2) is 34.3 Å². The summed E-state index contributed by atoms with van der Waals surface area (Å²) < 4.78 is 15.4. The van der Waals surface area contributed by atoms with E-state index in [2.05, 4.69) is 89.0 Å². The number of ether oxygens (including phenoxy) is 2. The number of carbonyl (C=O) groups excluding carboxylic acids is 2. The van der Waals surface area contributed by atoms with Crippen molar-refractivity contribution in [2.45, 2.75) is 26.9 Å². The van der Waals surface area contributed by atoms with Gasteiger partial charge in [0.25, 0.3) is 0 Å². The third kappa shape index (κ3) is 4.75. The van der Waals surface area contributed by atoms with Crippen molar-refractivity contribution in [3.05, 3.63) is 109 Å². The van der Waals surface area contributed by atoms with E-state index in [9.17, 15) is 9.59 Å². The maximum Gasteiger partial charge on any atom is 0.333 e. The summed E-state index contributed by atoms with van der Waals surface area (Å²) in [7, 11) is 0. The molecule has 2 aromatic heterocycles. The summed E-state index contributed by atoms with van der Waals surface area (Å²) in [4.78, 5) is 24.1. The van der Waals surface area contributed by atoms with Gasteiger partial charge in [-0.1, -0.05) is 73.8 Å². The minimum atomic E-state index is -0.382. The van der Waals surface area contributed by atoms with Crippen molar-refractivity contribution < 1.29 is 19.1 Å². The van der Waals surface area contributed by atoms with Gasteiger partial charge in [0, 0.05) is 54.8 Å². The van der Waals surface area contributed by atoms with Gasteiger partial charge in [0.15, 0.2) is 0 Å². The Hall–Kier alpha value is -5.10. The summed E-state index contributed by atoms with van der Waals surface area (Å²) in [6.45, 7) is 12.2. The van der Waals surface area contributed by atoms with Crippen molar-refractivity contribution in [1.29, 1.82) is 0 Å². The number of hydrogen-bond acceptors (Lipinski definition) is 4. The third-order valence-corrected chi connectivity index (χ3v) is 7.67. The summed E-state index contributed by atoms with van der Waals surface area (Å²) >= 11 is 0. The van der Waals surface area contributed by atoms with Crippen LogP contribution in [0.15, 0.2) is 109 Å². The average molecular weight is 557 g/mol. The van der Waals surface area contributed by atoms with Gasteiger partial charge in [0.05, 0.1) is 18.6 Å². The number of carbonyl (C=O) groups is 2. The monoisotopic (exact) mass is 556 g/mol. The molecule has 0 amide bonds. The summed E-state index contributed by atoms with van der Waals surface area (Å²) in [5.41, 5.74) is 7.32. The Morgan fingerprint density at radius 1 is 0.619 bits per heavy atom. The Morgan fingerprint density at radius 3 is 1.79 bits per heavy atom. The molecule has 6 heteroatoms. The molecule has 6 nitrogen and oxygen atoms in total. The van der Waals surface area contributed by atoms with Gasteiger partial charge >= 0.3 is 11.9 Å². The second-order valence-corrected chi connectivity index (χ2v) is 10.6. The molecule has 0 N–H and O–H groups in total. The summed E-state index contributed by atoms with van der Waals surface area (Å²) in [6, 6.07) is 29.6. The minimum Gasteiger partial charge on any atom is -0.460 e. The van der Waals surface area contributed by atoms with Crippen LogP contribution in [0.5, 0.6) is 0 Å². The van der Waals surface area contributed by atoms with E-state index >= 15 is 0 Å². The van der Waals surface area contributed by atoms with Crippen LogP contribution in [0.4, 0.5) is 0 Å². The number of para-hydroxylation sites is 3. The topological polar surface area (TPSA) is 62.5 Å². The van der Waals surface area contributed by atoms with E-state index in [1.165, 1.54) is 0 Å². The molecule has 2 heterocycles. The van der Waals surface area contributed by atoms with Crippen molar-refractivity contribution in [3.8, 4) is 11.1 Å². The molecule has 4 aromatic carbocycles. The highest BCUT2D eigenvalue weighted by molar-refractivity contribution is 6.14. The van der Waals surface area contributed by atoms with Crippen LogP contribution >= 0.6 is 0 Å². The van der Waals surface area contributed by atoms with Gasteiger partial charge in [-0.15, -0.1) is 0 Å². The van der Waals surface area contributed by atoms with E-state index in [1.807, 2.05) is 18.2 Å². The molecule has 210 valence electrons. The summed E-state index contributed by atoms with van der Waals surface area (Å²) in [5.74, 6) is -0.761. The smallest absolute Gasteiger partial charge is 0.333 e. The maximum absolute atomic E-state index is 12.1. The molecule has 0 aliphatic heterocycles. The highest BCUT2D eigenvalue weighted by Crippen LogP contribution is 2.38. The molecule has 0 bridgehead atoms. The first-order chi connectivity index (χ1) is 20.3. The first-order valence-electron chi connectivity index (χ1n) is 14.0. The first-order valence-corrected chi connectivity index (χ1v) is 14.0. The normalized spacial score (nSPS) is 11.4. The van der Waals surface area contributed by atoms with Crippen LogP contribution in [0, 0.1) is 0 Å². The Bertz CT molecular complexity index is 2040. The summed E-state index contributed by atoms with van der Waals surface area (Å²) in [6.07, 6.45) is 0. The number of fused-ring (bicyclic) bond motifs is 6. The van der Waals surface area contributed by atoms with E-state index < -0.39 is 0 Å². The molecular weight excluding hydrogens is 524 g/mol. The van der Waals surface area contributed by atoms with E-state index in [4.69, 9.17) is 9.47 Å². The van der Waals surface area contributed by atoms with Crippen molar-refractivity contribution >= 4 is 55.6 Å². The van der Waals surface area contributed by atoms with Crippen LogP contribution in [0.25, 0.3) is 54.7 Å². The molecule has 0 saturated carbocycles. The van der Waals surface area contributed by atoms with Crippen LogP contribution in [0.1, 0.15) is 13.8 Å². The molecule has 0 atom stereocenters. The number of esters is 2. The molecule has 42 heavy (non-hydrogen) atoms. The molecule has 0 radical (unpaired) electrons. The lowest BCUT2D eigenvalue weighted by Crippen LogP contribution is -2.11. The standard InChI is InChI=1S/C36H32N2O4/c1-23(2)35(39)41-20-18-37-31-14-7-6-11-28(31)30-22-25(16-17-33(30)37)26-12-9-13-29-27-10-5-8-15-32(27)38(34(26)29)19-21-42-36(40)24(3)4/h5-17,22H,1,3,18-21H2,2,4H3. The Morgan fingerprint density at radius 2 is 1.14 bits per heavy atom. The van der Waals surface area contributed by atoms with Gasteiger partial charge in [0.1, 0.15) is 13.2 Å². The molecule has 6 aromatic rings. The quantitative estimate of drug-likeness (QED) is 0.135. The van der Waals surface area contributed by atoms with Crippen LogP contribution in [0.2, 0.25) is 0 Å². The number of nitrogens with zero attached hydrogens (tertiary/aromatic N) is 2. The Kier molecular flexibility index (Phi) is 7.13. The van der Waals surface area contributed by atoms with E-state index in [0.29, 0.717) is 24.2 Å². The zero-order chi connectivity index (χ0) is 29.4. The second-order valence-electron chi connectivity index (χ2n) is 10.6. The lowest BCUT2D eigenvalue weighted by Gasteiger charge is -2.13. The molecule has 0 saturated heterocycles. The lowest BCUT2D eigenvalue weighted by molar-refractivity contribution is -0.140. The zero-order valence-electron chi connectivity index (χ0n) is 23.9. The molecule has 0 unspecified atom stereocenters. The SMILES string of the molecule is C=C(C)C(=O)OCCn1c2ccccc2c2cc(-c3cccc4c5ccccc5n(CCOC(=O)C(=C)C)c34)ccc21.